The van der Waals surface area contributed by atoms with Crippen LogP contribution in [0, 0.1) is 5.92 Å². The van der Waals surface area contributed by atoms with Gasteiger partial charge < -0.3 is 15.2 Å². The van der Waals surface area contributed by atoms with Gasteiger partial charge >= 0.3 is 5.97 Å². The number of benzene rings is 1. The van der Waals surface area contributed by atoms with Gasteiger partial charge in [-0.15, -0.1) is 11.3 Å². The van der Waals surface area contributed by atoms with E-state index >= 15 is 0 Å². The maximum absolute atomic E-state index is 12.0. The molecule has 0 radical (unpaired) electrons. The van der Waals surface area contributed by atoms with Crippen LogP contribution in [0.4, 0.5) is 0 Å². The number of carbonyl (C=O) groups is 2. The molecule has 6 nitrogen and oxygen atoms in total. The van der Waals surface area contributed by atoms with Crippen LogP contribution >= 0.6 is 11.3 Å². The third-order valence-electron chi connectivity index (χ3n) is 3.48. The SMILES string of the molecule is CCOc1ccc(-c2nc(CC(=O)NCC(C)CC(=O)O)cs2)cc1. The average molecular weight is 362 g/mol. The number of hydrogen-bond donors (Lipinski definition) is 2. The number of amides is 1. The van der Waals surface area contributed by atoms with E-state index in [-0.39, 0.29) is 24.7 Å². The lowest BCUT2D eigenvalue weighted by molar-refractivity contribution is -0.138. The van der Waals surface area contributed by atoms with E-state index in [1.807, 2.05) is 36.6 Å². The largest absolute Gasteiger partial charge is 0.494 e. The molecule has 2 N–H and O–H groups in total. The molecule has 0 saturated carbocycles. The Kier molecular flexibility index (Phi) is 6.94. The van der Waals surface area contributed by atoms with Crippen molar-refractivity contribution >= 4 is 23.2 Å². The van der Waals surface area contributed by atoms with Crippen LogP contribution in [0.3, 0.4) is 0 Å². The van der Waals surface area contributed by atoms with Gasteiger partial charge in [0.1, 0.15) is 10.8 Å². The molecule has 134 valence electrons. The van der Waals surface area contributed by atoms with Crippen molar-refractivity contribution in [2.24, 2.45) is 5.92 Å². The topological polar surface area (TPSA) is 88.5 Å². The summed E-state index contributed by atoms with van der Waals surface area (Å²) in [5.41, 5.74) is 1.69. The second kappa shape index (κ2) is 9.17. The van der Waals surface area contributed by atoms with Crippen LogP contribution < -0.4 is 10.1 Å². The summed E-state index contributed by atoms with van der Waals surface area (Å²) in [5, 5.41) is 14.2. The molecule has 1 atom stereocenters. The number of ether oxygens (including phenoxy) is 1. The molecule has 1 aromatic carbocycles. The maximum atomic E-state index is 12.0. The van der Waals surface area contributed by atoms with Crippen molar-refractivity contribution in [2.45, 2.75) is 26.7 Å². The van der Waals surface area contributed by atoms with E-state index in [1.54, 1.807) is 6.92 Å². The maximum Gasteiger partial charge on any atom is 0.303 e. The van der Waals surface area contributed by atoms with Crippen molar-refractivity contribution in [1.82, 2.24) is 10.3 Å². The van der Waals surface area contributed by atoms with Crippen molar-refractivity contribution in [1.29, 1.82) is 0 Å². The fourth-order valence-corrected chi connectivity index (χ4v) is 3.09. The highest BCUT2D eigenvalue weighted by atomic mass is 32.1. The van der Waals surface area contributed by atoms with E-state index < -0.39 is 5.97 Å². The molecule has 1 amide bonds. The Morgan fingerprint density at radius 2 is 2.04 bits per heavy atom. The Hall–Kier alpha value is -2.41. The van der Waals surface area contributed by atoms with Gasteiger partial charge in [0, 0.05) is 23.9 Å². The zero-order valence-electron chi connectivity index (χ0n) is 14.3. The zero-order chi connectivity index (χ0) is 18.2. The van der Waals surface area contributed by atoms with Gasteiger partial charge in [0.05, 0.1) is 18.7 Å². The molecule has 2 aromatic rings. The summed E-state index contributed by atoms with van der Waals surface area (Å²) in [5.74, 6) is -0.295. The summed E-state index contributed by atoms with van der Waals surface area (Å²) in [4.78, 5) is 27.1. The van der Waals surface area contributed by atoms with Crippen LogP contribution in [0.25, 0.3) is 10.6 Å². The minimum Gasteiger partial charge on any atom is -0.494 e. The lowest BCUT2D eigenvalue weighted by Gasteiger charge is -2.09. The van der Waals surface area contributed by atoms with Gasteiger partial charge in [-0.1, -0.05) is 6.92 Å². The summed E-state index contributed by atoms with van der Waals surface area (Å²) in [6.07, 6.45) is 0.228. The minimum absolute atomic E-state index is 0.0405. The molecule has 1 heterocycles. The number of rotatable bonds is 9. The van der Waals surface area contributed by atoms with Gasteiger partial charge in [0.15, 0.2) is 0 Å². The molecule has 7 heteroatoms. The molecular weight excluding hydrogens is 340 g/mol. The number of nitrogens with zero attached hydrogens (tertiary/aromatic N) is 1. The first-order chi connectivity index (χ1) is 12.0. The highest BCUT2D eigenvalue weighted by Gasteiger charge is 2.12. The van der Waals surface area contributed by atoms with Crippen molar-refractivity contribution in [2.75, 3.05) is 13.2 Å². The van der Waals surface area contributed by atoms with Crippen LogP contribution in [-0.4, -0.2) is 35.1 Å². The first kappa shape index (κ1) is 18.9. The highest BCUT2D eigenvalue weighted by Crippen LogP contribution is 2.26. The molecule has 0 aliphatic carbocycles. The lowest BCUT2D eigenvalue weighted by atomic mass is 10.1. The Bertz CT molecular complexity index is 712. The van der Waals surface area contributed by atoms with E-state index in [0.717, 1.165) is 16.3 Å². The molecule has 25 heavy (non-hydrogen) atoms. The smallest absolute Gasteiger partial charge is 0.303 e. The molecule has 0 saturated heterocycles. The van der Waals surface area contributed by atoms with E-state index in [2.05, 4.69) is 10.3 Å². The summed E-state index contributed by atoms with van der Waals surface area (Å²) in [6.45, 7) is 4.71. The van der Waals surface area contributed by atoms with Crippen molar-refractivity contribution < 1.29 is 19.4 Å². The van der Waals surface area contributed by atoms with Crippen LogP contribution in [0.1, 0.15) is 26.0 Å². The number of carboxylic acid groups (broad SMARTS) is 1. The van der Waals surface area contributed by atoms with Crippen molar-refractivity contribution in [3.05, 3.63) is 35.3 Å². The first-order valence-electron chi connectivity index (χ1n) is 8.14. The number of hydrogen-bond acceptors (Lipinski definition) is 5. The van der Waals surface area contributed by atoms with E-state index in [4.69, 9.17) is 9.84 Å². The number of carbonyl (C=O) groups excluding carboxylic acids is 1. The predicted molar refractivity (Wildman–Crippen MR) is 96.8 cm³/mol. The fraction of sp³-hybridized carbons (Fsp3) is 0.389. The monoisotopic (exact) mass is 362 g/mol. The van der Waals surface area contributed by atoms with Gasteiger partial charge in [0.2, 0.25) is 5.91 Å². The molecule has 1 aromatic heterocycles. The van der Waals surface area contributed by atoms with E-state index in [9.17, 15) is 9.59 Å². The normalized spacial score (nSPS) is 11.8. The zero-order valence-corrected chi connectivity index (χ0v) is 15.1. The Morgan fingerprint density at radius 1 is 1.32 bits per heavy atom. The Balaban J connectivity index is 1.88. The molecule has 0 aliphatic heterocycles. The van der Waals surface area contributed by atoms with Gasteiger partial charge in [-0.3, -0.25) is 9.59 Å². The number of carboxylic acids is 1. The second-order valence-electron chi connectivity index (χ2n) is 5.79. The Morgan fingerprint density at radius 3 is 2.68 bits per heavy atom. The van der Waals surface area contributed by atoms with Crippen molar-refractivity contribution in [3.8, 4) is 16.3 Å². The van der Waals surface area contributed by atoms with E-state index in [0.29, 0.717) is 18.8 Å². The average Bonchev–Trinajstić information content (AvgIpc) is 3.02. The summed E-state index contributed by atoms with van der Waals surface area (Å²) < 4.78 is 5.42. The summed E-state index contributed by atoms with van der Waals surface area (Å²) in [6, 6.07) is 7.69. The Labute approximate surface area is 150 Å². The molecule has 0 fully saturated rings. The highest BCUT2D eigenvalue weighted by molar-refractivity contribution is 7.13. The number of aromatic nitrogens is 1. The third-order valence-corrected chi connectivity index (χ3v) is 4.42. The van der Waals surface area contributed by atoms with Gasteiger partial charge in [-0.25, -0.2) is 4.98 Å². The predicted octanol–water partition coefficient (Wildman–Crippen LogP) is 2.98. The van der Waals surface area contributed by atoms with Gasteiger partial charge in [0.25, 0.3) is 0 Å². The molecule has 0 aliphatic rings. The van der Waals surface area contributed by atoms with Crippen LogP contribution in [0.2, 0.25) is 0 Å². The van der Waals surface area contributed by atoms with E-state index in [1.165, 1.54) is 11.3 Å². The molecular formula is C18H22N2O4S. The van der Waals surface area contributed by atoms with Crippen LogP contribution in [0.5, 0.6) is 5.75 Å². The van der Waals surface area contributed by atoms with Gasteiger partial charge in [-0.05, 0) is 37.1 Å². The summed E-state index contributed by atoms with van der Waals surface area (Å²) >= 11 is 1.49. The standard InChI is InChI=1S/C18H22N2O4S/c1-3-24-15-6-4-13(5-7-15)18-20-14(11-25-18)9-16(21)19-10-12(2)8-17(22)23/h4-7,11-12H,3,8-10H2,1-2H3,(H,19,21)(H,22,23). The van der Waals surface area contributed by atoms with Crippen molar-refractivity contribution in [3.63, 3.8) is 0 Å². The van der Waals surface area contributed by atoms with Crippen LogP contribution in [0.15, 0.2) is 29.6 Å². The molecule has 0 bridgehead atoms. The molecule has 2 rings (SSSR count). The fourth-order valence-electron chi connectivity index (χ4n) is 2.27. The first-order valence-corrected chi connectivity index (χ1v) is 9.02. The lowest BCUT2D eigenvalue weighted by Crippen LogP contribution is -2.30. The minimum atomic E-state index is -0.860. The van der Waals surface area contributed by atoms with Crippen LogP contribution in [-0.2, 0) is 16.0 Å². The molecule has 0 spiro atoms. The quantitative estimate of drug-likeness (QED) is 0.716. The number of aliphatic carboxylic acids is 1. The molecule has 1 unspecified atom stereocenters. The third kappa shape index (κ3) is 6.19. The number of nitrogens with one attached hydrogen (secondary N) is 1. The number of thiazole rings is 1. The summed E-state index contributed by atoms with van der Waals surface area (Å²) in [7, 11) is 0. The van der Waals surface area contributed by atoms with Gasteiger partial charge in [-0.2, -0.15) is 0 Å². The second-order valence-corrected chi connectivity index (χ2v) is 6.64.